The number of hydrogen-bond acceptors (Lipinski definition) is 4. The van der Waals surface area contributed by atoms with E-state index in [4.69, 9.17) is 8.83 Å². The van der Waals surface area contributed by atoms with E-state index in [2.05, 4.69) is 249 Å². The normalized spacial score (nSPS) is 12.1. The molecule has 88 heavy (non-hydrogen) atoms. The van der Waals surface area contributed by atoms with E-state index in [0.29, 0.717) is 22.7 Å². The lowest BCUT2D eigenvalue weighted by Crippen LogP contribution is -2.17. The first-order valence-corrected chi connectivity index (χ1v) is 29.5. The SMILES string of the molecule is N#Cc1c(C#N)c(-n2c3ccccc3c3c4oc5ccccc5c4ccc32)c(-n2c3ccccc3c3cc(-c4ccccc4)ccc32)c(-n2c3ccccc3c3cc(-c4ccccc4)ccc32)c1-n1c2ccccc2c2c3oc4ccccc4c3ccc21. The van der Waals surface area contributed by atoms with E-state index in [1.807, 2.05) is 48.5 Å². The summed E-state index contributed by atoms with van der Waals surface area (Å²) in [6, 6.07) is 99.1. The highest BCUT2D eigenvalue weighted by atomic mass is 16.3. The topological polar surface area (TPSA) is 93.6 Å². The van der Waals surface area contributed by atoms with Gasteiger partial charge < -0.3 is 27.1 Å². The van der Waals surface area contributed by atoms with Crippen molar-refractivity contribution in [2.75, 3.05) is 0 Å². The van der Waals surface area contributed by atoms with E-state index < -0.39 is 0 Å². The highest BCUT2D eigenvalue weighted by Crippen LogP contribution is 2.52. The van der Waals surface area contributed by atoms with Crippen molar-refractivity contribution >= 4 is 131 Å². The molecule has 0 aliphatic carbocycles. The molecule has 8 heteroatoms. The van der Waals surface area contributed by atoms with Crippen LogP contribution in [0.15, 0.2) is 276 Å². The third-order valence-electron chi connectivity index (χ3n) is 18.4. The maximum absolute atomic E-state index is 12.7. The minimum atomic E-state index is 0.207. The van der Waals surface area contributed by atoms with Gasteiger partial charge in [0.05, 0.1) is 88.8 Å². The number of rotatable bonds is 6. The molecule has 19 rings (SSSR count). The van der Waals surface area contributed by atoms with E-state index >= 15 is 0 Å². The van der Waals surface area contributed by atoms with Crippen molar-refractivity contribution in [1.82, 2.24) is 18.3 Å². The fourth-order valence-electron chi connectivity index (χ4n) is 14.8. The van der Waals surface area contributed by atoms with Crippen molar-refractivity contribution in [3.8, 4) is 57.1 Å². The van der Waals surface area contributed by atoms with Gasteiger partial charge in [-0.1, -0.05) is 182 Å². The maximum atomic E-state index is 12.7. The second-order valence-corrected chi connectivity index (χ2v) is 22.8. The summed E-state index contributed by atoms with van der Waals surface area (Å²) < 4.78 is 23.1. The summed E-state index contributed by atoms with van der Waals surface area (Å²) in [6.45, 7) is 0. The van der Waals surface area contributed by atoms with Crippen LogP contribution in [0.1, 0.15) is 11.1 Å². The molecule has 0 N–H and O–H groups in total. The first kappa shape index (κ1) is 48.1. The Morgan fingerprint density at radius 2 is 0.557 bits per heavy atom. The standard InChI is InChI=1S/C80H44N6O2/c81-45-61-62(46-82)76(86-66-32-16-10-28-58(66)74-70(86)42-38-56-54-26-12-18-34-72(54)88-80(56)74)78(84-64-30-14-8-24-52(64)60-44-50(36-40-68(60)84)48-21-5-2-6-22-48)77(83-63-29-13-7-23-51(63)59-43-49(35-39-67(59)83)47-19-3-1-4-20-47)75(61)85-65-31-15-9-27-57(65)73-69(85)41-37-55-53-25-11-17-33-71(53)87-79(55)73/h1-44H. The number of furan rings is 2. The van der Waals surface area contributed by atoms with Crippen LogP contribution in [-0.2, 0) is 0 Å². The Morgan fingerprint density at radius 1 is 0.239 bits per heavy atom. The first-order valence-electron chi connectivity index (χ1n) is 29.5. The van der Waals surface area contributed by atoms with E-state index in [1.54, 1.807) is 0 Å². The van der Waals surface area contributed by atoms with Gasteiger partial charge in [0.25, 0.3) is 0 Å². The van der Waals surface area contributed by atoms with E-state index in [1.165, 1.54) is 0 Å². The zero-order valence-electron chi connectivity index (χ0n) is 46.9. The molecular formula is C80H44N6O2. The van der Waals surface area contributed by atoms with E-state index in [-0.39, 0.29) is 11.1 Å². The Balaban J connectivity index is 1.09. The monoisotopic (exact) mass is 1120 g/mol. The zero-order valence-corrected chi connectivity index (χ0v) is 46.9. The molecule has 19 aromatic rings. The fraction of sp³-hybridized carbons (Fsp3) is 0. The van der Waals surface area contributed by atoms with Crippen LogP contribution < -0.4 is 0 Å². The number of benzene rings is 13. The van der Waals surface area contributed by atoms with Crippen molar-refractivity contribution in [1.29, 1.82) is 10.5 Å². The maximum Gasteiger partial charge on any atom is 0.145 e. The molecule has 6 aromatic heterocycles. The van der Waals surface area contributed by atoms with Crippen molar-refractivity contribution in [3.05, 3.63) is 278 Å². The van der Waals surface area contributed by atoms with Gasteiger partial charge in [-0.15, -0.1) is 0 Å². The van der Waals surface area contributed by atoms with Gasteiger partial charge in [-0.05, 0) is 107 Å². The molecule has 0 saturated carbocycles. The number of nitriles is 2. The van der Waals surface area contributed by atoms with Crippen LogP contribution >= 0.6 is 0 Å². The largest absolute Gasteiger partial charge is 0.455 e. The molecule has 0 unspecified atom stereocenters. The minimum absolute atomic E-state index is 0.207. The Morgan fingerprint density at radius 3 is 0.966 bits per heavy atom. The van der Waals surface area contributed by atoms with Gasteiger partial charge in [0.1, 0.15) is 34.5 Å². The number of fused-ring (bicyclic) bond motifs is 20. The summed E-state index contributed by atoms with van der Waals surface area (Å²) in [7, 11) is 0. The van der Waals surface area contributed by atoms with Gasteiger partial charge in [0.15, 0.2) is 0 Å². The number of para-hydroxylation sites is 6. The number of aromatic nitrogens is 4. The molecule has 0 fully saturated rings. The lowest BCUT2D eigenvalue weighted by Gasteiger charge is -2.27. The third kappa shape index (κ3) is 6.44. The minimum Gasteiger partial charge on any atom is -0.455 e. The summed E-state index contributed by atoms with van der Waals surface area (Å²) in [5, 5.41) is 37.1. The molecule has 0 atom stereocenters. The molecule has 0 radical (unpaired) electrons. The van der Waals surface area contributed by atoms with Gasteiger partial charge in [0, 0.05) is 53.9 Å². The van der Waals surface area contributed by atoms with Crippen molar-refractivity contribution in [3.63, 3.8) is 0 Å². The van der Waals surface area contributed by atoms with Gasteiger partial charge in [-0.2, -0.15) is 10.5 Å². The molecular weight excluding hydrogens is 1080 g/mol. The zero-order chi connectivity index (χ0) is 57.9. The second kappa shape index (κ2) is 18.1. The number of nitrogens with zero attached hydrogens (tertiary/aromatic N) is 6. The highest BCUT2D eigenvalue weighted by Gasteiger charge is 2.36. The molecule has 0 aliphatic heterocycles. The lowest BCUT2D eigenvalue weighted by atomic mass is 9.98. The smallest absolute Gasteiger partial charge is 0.145 e. The van der Waals surface area contributed by atoms with Crippen LogP contribution in [0.4, 0.5) is 0 Å². The van der Waals surface area contributed by atoms with Crippen LogP contribution in [0.2, 0.25) is 0 Å². The molecule has 0 saturated heterocycles. The van der Waals surface area contributed by atoms with Gasteiger partial charge in [-0.25, -0.2) is 0 Å². The molecule has 0 amide bonds. The molecule has 0 spiro atoms. The molecule has 0 bridgehead atoms. The summed E-state index contributed by atoms with van der Waals surface area (Å²) in [6.07, 6.45) is 0. The Kier molecular flexibility index (Phi) is 9.87. The van der Waals surface area contributed by atoms with E-state index in [0.717, 1.165) is 153 Å². The quantitative estimate of drug-likeness (QED) is 0.166. The van der Waals surface area contributed by atoms with Crippen LogP contribution in [-0.4, -0.2) is 18.3 Å². The average Bonchev–Trinajstić information content (AvgIpc) is 1.48. The van der Waals surface area contributed by atoms with Gasteiger partial charge in [0.2, 0.25) is 0 Å². The molecule has 0 aliphatic rings. The predicted octanol–water partition coefficient (Wildman–Crippen LogP) is 21.0. The van der Waals surface area contributed by atoms with E-state index in [9.17, 15) is 10.5 Å². The molecule has 406 valence electrons. The molecule has 13 aromatic carbocycles. The Hall–Kier alpha value is -12.4. The van der Waals surface area contributed by atoms with Crippen molar-refractivity contribution in [2.24, 2.45) is 0 Å². The first-order chi connectivity index (χ1) is 43.6. The summed E-state index contributed by atoms with van der Waals surface area (Å²) >= 11 is 0. The van der Waals surface area contributed by atoms with Crippen molar-refractivity contribution in [2.45, 2.75) is 0 Å². The predicted molar refractivity (Wildman–Crippen MR) is 359 cm³/mol. The molecule has 6 heterocycles. The van der Waals surface area contributed by atoms with Crippen LogP contribution in [0, 0.1) is 22.7 Å². The average molecular weight is 1120 g/mol. The lowest BCUT2D eigenvalue weighted by molar-refractivity contribution is 0.672. The van der Waals surface area contributed by atoms with Crippen LogP contribution in [0.25, 0.3) is 176 Å². The summed E-state index contributed by atoms with van der Waals surface area (Å²) in [5.41, 5.74) is 17.3. The highest BCUT2D eigenvalue weighted by molar-refractivity contribution is 6.26. The Bertz CT molecular complexity index is 5940. The summed E-state index contributed by atoms with van der Waals surface area (Å²) in [4.78, 5) is 0. The number of hydrogen-bond donors (Lipinski definition) is 0. The summed E-state index contributed by atoms with van der Waals surface area (Å²) in [5.74, 6) is 0. The van der Waals surface area contributed by atoms with Crippen LogP contribution in [0.5, 0.6) is 0 Å². The molecule has 8 nitrogen and oxygen atoms in total. The fourth-order valence-corrected chi connectivity index (χ4v) is 14.8. The Labute approximate surface area is 501 Å². The van der Waals surface area contributed by atoms with Crippen LogP contribution in [0.3, 0.4) is 0 Å². The third-order valence-corrected chi connectivity index (χ3v) is 18.4. The van der Waals surface area contributed by atoms with Gasteiger partial charge in [-0.3, -0.25) is 0 Å². The van der Waals surface area contributed by atoms with Crippen molar-refractivity contribution < 1.29 is 8.83 Å². The second-order valence-electron chi connectivity index (χ2n) is 22.8. The van der Waals surface area contributed by atoms with Gasteiger partial charge >= 0.3 is 0 Å².